The molecule has 1 aromatic carbocycles. The Morgan fingerprint density at radius 2 is 1.86 bits per heavy atom. The van der Waals surface area contributed by atoms with Gasteiger partial charge in [0, 0.05) is 34.6 Å². The van der Waals surface area contributed by atoms with E-state index in [-0.39, 0.29) is 5.91 Å². The third kappa shape index (κ3) is 4.25. The molecule has 0 spiro atoms. The smallest absolute Gasteiger partial charge is 0.224 e. The molecule has 3 aromatic heterocycles. The van der Waals surface area contributed by atoms with Crippen LogP contribution in [0.4, 0.5) is 0 Å². The quantitative estimate of drug-likeness (QED) is 0.530. The Morgan fingerprint density at radius 1 is 1.10 bits per heavy atom. The van der Waals surface area contributed by atoms with E-state index in [4.69, 9.17) is 0 Å². The summed E-state index contributed by atoms with van der Waals surface area (Å²) < 4.78 is 1.89. The van der Waals surface area contributed by atoms with Crippen LogP contribution in [0, 0.1) is 13.8 Å². The first-order chi connectivity index (χ1) is 14.1. The first-order valence-corrected chi connectivity index (χ1v) is 10.2. The maximum absolute atomic E-state index is 12.5. The van der Waals surface area contributed by atoms with E-state index in [9.17, 15) is 4.79 Å². The summed E-state index contributed by atoms with van der Waals surface area (Å²) in [5, 5.41) is 10.5. The number of para-hydroxylation sites is 1. The van der Waals surface area contributed by atoms with Gasteiger partial charge in [0.2, 0.25) is 5.91 Å². The summed E-state index contributed by atoms with van der Waals surface area (Å²) in [6, 6.07) is 13.8. The summed E-state index contributed by atoms with van der Waals surface area (Å²) in [5.74, 6) is -0.0375. The molecule has 1 amide bonds. The number of carbonyl (C=O) groups excluding carboxylic acids is 1. The number of nitrogens with zero attached hydrogens (tertiary/aromatic N) is 4. The average molecular weight is 404 g/mol. The van der Waals surface area contributed by atoms with Crippen molar-refractivity contribution in [1.29, 1.82) is 0 Å². The lowest BCUT2D eigenvalue weighted by Crippen LogP contribution is -2.25. The van der Waals surface area contributed by atoms with Gasteiger partial charge in [-0.3, -0.25) is 9.78 Å². The first-order valence-electron chi connectivity index (χ1n) is 9.34. The Morgan fingerprint density at radius 3 is 2.62 bits per heavy atom. The Hall–Kier alpha value is -3.32. The number of hydrogen-bond donors (Lipinski definition) is 1. The Bertz CT molecular complexity index is 1120. The molecule has 6 nitrogen and oxygen atoms in total. The predicted octanol–water partition coefficient (Wildman–Crippen LogP) is 3.87. The van der Waals surface area contributed by atoms with Crippen molar-refractivity contribution < 1.29 is 4.79 Å². The minimum absolute atomic E-state index is 0.0375. The maximum atomic E-state index is 12.5. The highest BCUT2D eigenvalue weighted by molar-refractivity contribution is 7.09. The molecule has 0 aliphatic rings. The van der Waals surface area contributed by atoms with Gasteiger partial charge < -0.3 is 5.32 Å². The highest BCUT2D eigenvalue weighted by Gasteiger charge is 2.16. The third-order valence-corrected chi connectivity index (χ3v) is 5.59. The summed E-state index contributed by atoms with van der Waals surface area (Å²) in [6.07, 6.45) is 3.79. The van der Waals surface area contributed by atoms with Crippen molar-refractivity contribution in [3.63, 3.8) is 0 Å². The van der Waals surface area contributed by atoms with Crippen LogP contribution in [0.1, 0.15) is 22.0 Å². The number of nitrogens with one attached hydrogen (secondary N) is 1. The molecule has 0 aliphatic heterocycles. The van der Waals surface area contributed by atoms with Gasteiger partial charge in [-0.05, 0) is 38.1 Å². The van der Waals surface area contributed by atoms with E-state index in [1.54, 1.807) is 12.4 Å². The molecule has 146 valence electrons. The minimum atomic E-state index is -0.0375. The summed E-state index contributed by atoms with van der Waals surface area (Å²) in [5.41, 5.74) is 5.73. The number of pyridine rings is 1. The summed E-state index contributed by atoms with van der Waals surface area (Å²) >= 11 is 1.54. The number of benzene rings is 1. The van der Waals surface area contributed by atoms with Crippen molar-refractivity contribution in [3.05, 3.63) is 82.2 Å². The fourth-order valence-electron chi connectivity index (χ4n) is 3.20. The zero-order valence-electron chi connectivity index (χ0n) is 16.3. The lowest BCUT2D eigenvalue weighted by molar-refractivity contribution is -0.120. The van der Waals surface area contributed by atoms with Crippen molar-refractivity contribution in [3.8, 4) is 16.9 Å². The Balaban J connectivity index is 1.41. The van der Waals surface area contributed by atoms with Crippen LogP contribution in [0.25, 0.3) is 16.9 Å². The van der Waals surface area contributed by atoms with Crippen LogP contribution in [-0.4, -0.2) is 25.7 Å². The van der Waals surface area contributed by atoms with Crippen molar-refractivity contribution >= 4 is 17.2 Å². The molecule has 3 heterocycles. The van der Waals surface area contributed by atoms with Crippen LogP contribution in [0.5, 0.6) is 0 Å². The highest BCUT2D eigenvalue weighted by Crippen LogP contribution is 2.21. The monoisotopic (exact) mass is 403 g/mol. The number of rotatable bonds is 6. The summed E-state index contributed by atoms with van der Waals surface area (Å²) in [6.45, 7) is 4.35. The maximum Gasteiger partial charge on any atom is 0.224 e. The van der Waals surface area contributed by atoms with Crippen LogP contribution in [0.15, 0.2) is 60.2 Å². The molecule has 0 saturated carbocycles. The zero-order valence-corrected chi connectivity index (χ0v) is 17.1. The topological polar surface area (TPSA) is 72.7 Å². The van der Waals surface area contributed by atoms with E-state index in [2.05, 4.69) is 20.4 Å². The van der Waals surface area contributed by atoms with E-state index in [0.717, 1.165) is 38.9 Å². The van der Waals surface area contributed by atoms with Crippen LogP contribution >= 0.6 is 11.3 Å². The molecule has 0 atom stereocenters. The van der Waals surface area contributed by atoms with Crippen LogP contribution in [0.3, 0.4) is 0 Å². The second-order valence-electron chi connectivity index (χ2n) is 6.71. The van der Waals surface area contributed by atoms with E-state index in [0.29, 0.717) is 13.0 Å². The van der Waals surface area contributed by atoms with Gasteiger partial charge >= 0.3 is 0 Å². The standard InChI is InChI=1S/C22H21N5OS/c1-15-19(16(2)27(26-15)18-6-4-3-5-7-18)12-21(28)24-13-22-25-20(14-29-22)17-8-10-23-11-9-17/h3-11,14H,12-13H2,1-2H3,(H,24,28). The SMILES string of the molecule is Cc1nn(-c2ccccc2)c(C)c1CC(=O)NCc1nc(-c2ccncc2)cs1. The number of amides is 1. The predicted molar refractivity (Wildman–Crippen MR) is 114 cm³/mol. The highest BCUT2D eigenvalue weighted by atomic mass is 32.1. The number of carbonyl (C=O) groups is 1. The molecule has 4 rings (SSSR count). The zero-order chi connectivity index (χ0) is 20.2. The number of hydrogen-bond acceptors (Lipinski definition) is 5. The van der Waals surface area contributed by atoms with Gasteiger partial charge in [-0.25, -0.2) is 9.67 Å². The second kappa shape index (κ2) is 8.36. The van der Waals surface area contributed by atoms with Gasteiger partial charge in [-0.1, -0.05) is 18.2 Å². The fraction of sp³-hybridized carbons (Fsp3) is 0.182. The van der Waals surface area contributed by atoms with Gasteiger partial charge in [-0.15, -0.1) is 11.3 Å². The van der Waals surface area contributed by atoms with Gasteiger partial charge in [0.15, 0.2) is 0 Å². The first kappa shape index (κ1) is 19.0. The summed E-state index contributed by atoms with van der Waals surface area (Å²) in [7, 11) is 0. The molecule has 0 fully saturated rings. The van der Waals surface area contributed by atoms with E-state index >= 15 is 0 Å². The Labute approximate surface area is 173 Å². The molecule has 0 aliphatic carbocycles. The molecule has 0 bridgehead atoms. The third-order valence-electron chi connectivity index (χ3n) is 4.74. The van der Waals surface area contributed by atoms with Gasteiger partial charge in [-0.2, -0.15) is 5.10 Å². The number of aromatic nitrogens is 4. The van der Waals surface area contributed by atoms with Crippen molar-refractivity contribution in [2.24, 2.45) is 0 Å². The van der Waals surface area contributed by atoms with Gasteiger partial charge in [0.05, 0.1) is 30.0 Å². The van der Waals surface area contributed by atoms with E-state index in [1.807, 2.05) is 66.4 Å². The van der Waals surface area contributed by atoms with Crippen molar-refractivity contribution in [1.82, 2.24) is 25.1 Å². The minimum Gasteiger partial charge on any atom is -0.349 e. The average Bonchev–Trinajstić information content (AvgIpc) is 3.34. The molecule has 4 aromatic rings. The van der Waals surface area contributed by atoms with Gasteiger partial charge in [0.1, 0.15) is 5.01 Å². The molecule has 1 N–H and O–H groups in total. The van der Waals surface area contributed by atoms with Crippen LogP contribution in [0.2, 0.25) is 0 Å². The number of aryl methyl sites for hydroxylation is 1. The van der Waals surface area contributed by atoms with E-state index < -0.39 is 0 Å². The summed E-state index contributed by atoms with van der Waals surface area (Å²) in [4.78, 5) is 21.2. The molecule has 7 heteroatoms. The molecular formula is C22H21N5OS. The normalized spacial score (nSPS) is 10.8. The molecule has 0 radical (unpaired) electrons. The number of thiazole rings is 1. The molecule has 0 unspecified atom stereocenters. The second-order valence-corrected chi connectivity index (χ2v) is 7.66. The molecular weight excluding hydrogens is 382 g/mol. The molecule has 0 saturated heterocycles. The lowest BCUT2D eigenvalue weighted by Gasteiger charge is -2.06. The largest absolute Gasteiger partial charge is 0.349 e. The molecule has 29 heavy (non-hydrogen) atoms. The van der Waals surface area contributed by atoms with Crippen molar-refractivity contribution in [2.75, 3.05) is 0 Å². The van der Waals surface area contributed by atoms with Gasteiger partial charge in [0.25, 0.3) is 0 Å². The van der Waals surface area contributed by atoms with Crippen LogP contribution < -0.4 is 5.32 Å². The van der Waals surface area contributed by atoms with Crippen LogP contribution in [-0.2, 0) is 17.8 Å². The van der Waals surface area contributed by atoms with Crippen molar-refractivity contribution in [2.45, 2.75) is 26.8 Å². The lowest BCUT2D eigenvalue weighted by atomic mass is 10.1. The Kier molecular flexibility index (Phi) is 5.48. The fourth-order valence-corrected chi connectivity index (χ4v) is 3.94. The van der Waals surface area contributed by atoms with E-state index in [1.165, 1.54) is 11.3 Å².